The lowest BCUT2D eigenvalue weighted by molar-refractivity contribution is -0.132. The molecule has 1 saturated heterocycles. The zero-order valence-electron chi connectivity index (χ0n) is 22.7. The Kier molecular flexibility index (Phi) is 9.75. The van der Waals surface area contributed by atoms with Crippen LogP contribution in [0.5, 0.6) is 17.2 Å². The third-order valence-corrected chi connectivity index (χ3v) is 7.03. The van der Waals surface area contributed by atoms with Crippen LogP contribution < -0.4 is 24.8 Å². The van der Waals surface area contributed by atoms with Crippen LogP contribution >= 0.6 is 0 Å². The molecule has 1 atom stereocenters. The van der Waals surface area contributed by atoms with Crippen molar-refractivity contribution in [2.45, 2.75) is 39.2 Å². The molecule has 0 saturated carbocycles. The van der Waals surface area contributed by atoms with E-state index in [2.05, 4.69) is 29.7 Å². The summed E-state index contributed by atoms with van der Waals surface area (Å²) in [6.07, 6.45) is 5.51. The number of carbonyl (C=O) groups excluding carboxylic acids is 2. The number of hydrogen-bond donors (Lipinski definition) is 2. The van der Waals surface area contributed by atoms with E-state index in [9.17, 15) is 9.59 Å². The Morgan fingerprint density at radius 1 is 1.03 bits per heavy atom. The average Bonchev–Trinajstić information content (AvgIpc) is 2.96. The van der Waals surface area contributed by atoms with Gasteiger partial charge in [0.1, 0.15) is 12.4 Å². The van der Waals surface area contributed by atoms with E-state index in [1.807, 2.05) is 36.4 Å². The molecule has 3 aromatic rings. The molecule has 0 spiro atoms. The molecule has 1 amide bonds. The Hall–Kier alpha value is -4.10. The van der Waals surface area contributed by atoms with Gasteiger partial charge in [-0.3, -0.25) is 9.59 Å². The highest BCUT2D eigenvalue weighted by Crippen LogP contribution is 2.32. The van der Waals surface area contributed by atoms with Gasteiger partial charge in [0.2, 0.25) is 5.91 Å². The summed E-state index contributed by atoms with van der Waals surface area (Å²) in [7, 11) is 1.50. The lowest BCUT2D eigenvalue weighted by atomic mass is 9.82. The van der Waals surface area contributed by atoms with Gasteiger partial charge in [0.25, 0.3) is 0 Å². The molecular weight excluding hydrogens is 492 g/mol. The van der Waals surface area contributed by atoms with Crippen molar-refractivity contribution in [2.75, 3.05) is 25.5 Å². The van der Waals surface area contributed by atoms with Gasteiger partial charge in [-0.05, 0) is 85.3 Å². The summed E-state index contributed by atoms with van der Waals surface area (Å²) >= 11 is 0. The number of ether oxygens (including phenoxy) is 3. The molecule has 1 heterocycles. The van der Waals surface area contributed by atoms with Crippen molar-refractivity contribution in [1.29, 1.82) is 0 Å². The van der Waals surface area contributed by atoms with Gasteiger partial charge in [-0.25, -0.2) is 0 Å². The van der Waals surface area contributed by atoms with E-state index in [1.165, 1.54) is 38.5 Å². The molecule has 1 aliphatic heterocycles. The van der Waals surface area contributed by atoms with Crippen LogP contribution in [0.15, 0.2) is 72.8 Å². The fourth-order valence-electron chi connectivity index (χ4n) is 4.79. The maximum atomic E-state index is 12.7. The highest BCUT2D eigenvalue weighted by molar-refractivity contribution is 6.02. The van der Waals surface area contributed by atoms with Crippen LogP contribution in [-0.4, -0.2) is 32.1 Å². The largest absolute Gasteiger partial charge is 0.493 e. The number of nitrogens with one attached hydrogen (secondary N) is 2. The molecule has 7 nitrogen and oxygen atoms in total. The number of benzene rings is 3. The van der Waals surface area contributed by atoms with Crippen molar-refractivity contribution in [3.8, 4) is 17.2 Å². The molecule has 0 aromatic heterocycles. The summed E-state index contributed by atoms with van der Waals surface area (Å²) in [6, 6.07) is 21.0. The first-order valence-corrected chi connectivity index (χ1v) is 13.3. The lowest BCUT2D eigenvalue weighted by Gasteiger charge is -2.28. The molecule has 4 rings (SSSR count). The van der Waals surface area contributed by atoms with E-state index in [1.54, 1.807) is 24.3 Å². The van der Waals surface area contributed by atoms with Gasteiger partial charge >= 0.3 is 5.97 Å². The summed E-state index contributed by atoms with van der Waals surface area (Å²) in [4.78, 5) is 24.0. The van der Waals surface area contributed by atoms with Crippen LogP contribution in [-0.2, 0) is 16.2 Å². The minimum absolute atomic E-state index is 0.288. The number of amides is 1. The molecule has 2 N–H and O–H groups in total. The minimum atomic E-state index is -0.450. The fraction of sp³-hybridized carbons (Fsp3) is 0.312. The summed E-state index contributed by atoms with van der Waals surface area (Å²) in [5, 5.41) is 6.36. The maximum Gasteiger partial charge on any atom is 0.308 e. The topological polar surface area (TPSA) is 85.9 Å². The number of hydrogen-bond acceptors (Lipinski definition) is 6. The molecule has 7 heteroatoms. The third-order valence-electron chi connectivity index (χ3n) is 7.03. The summed E-state index contributed by atoms with van der Waals surface area (Å²) < 4.78 is 16.5. The number of anilines is 1. The van der Waals surface area contributed by atoms with Gasteiger partial charge < -0.3 is 24.8 Å². The van der Waals surface area contributed by atoms with Crippen LogP contribution in [0.2, 0.25) is 0 Å². The highest BCUT2D eigenvalue weighted by Gasteiger charge is 2.21. The monoisotopic (exact) mass is 528 g/mol. The van der Waals surface area contributed by atoms with Crippen LogP contribution in [0.25, 0.3) is 6.08 Å². The number of rotatable bonds is 10. The first-order chi connectivity index (χ1) is 18.9. The van der Waals surface area contributed by atoms with Crippen LogP contribution in [0.3, 0.4) is 0 Å². The lowest BCUT2D eigenvalue weighted by Crippen LogP contribution is -2.30. The zero-order valence-corrected chi connectivity index (χ0v) is 22.7. The molecule has 3 aromatic carbocycles. The van der Waals surface area contributed by atoms with Crippen molar-refractivity contribution in [3.05, 3.63) is 89.5 Å². The summed E-state index contributed by atoms with van der Waals surface area (Å²) in [5.41, 5.74) is 3.58. The van der Waals surface area contributed by atoms with Gasteiger partial charge in [0.05, 0.1) is 7.11 Å². The van der Waals surface area contributed by atoms with Gasteiger partial charge in [0.15, 0.2) is 11.5 Å². The summed E-state index contributed by atoms with van der Waals surface area (Å²) in [5.74, 6) is 2.02. The van der Waals surface area contributed by atoms with Crippen molar-refractivity contribution in [3.63, 3.8) is 0 Å². The molecule has 1 unspecified atom stereocenters. The smallest absolute Gasteiger partial charge is 0.308 e. The van der Waals surface area contributed by atoms with Crippen molar-refractivity contribution >= 4 is 23.6 Å². The highest BCUT2D eigenvalue weighted by atomic mass is 16.6. The second-order valence-electron chi connectivity index (χ2n) is 9.72. The molecule has 1 fully saturated rings. The second-order valence-corrected chi connectivity index (χ2v) is 9.72. The van der Waals surface area contributed by atoms with Crippen molar-refractivity contribution in [1.82, 2.24) is 5.32 Å². The first-order valence-electron chi connectivity index (χ1n) is 13.3. The van der Waals surface area contributed by atoms with Gasteiger partial charge in [-0.15, -0.1) is 0 Å². The van der Waals surface area contributed by atoms with Gasteiger partial charge in [-0.1, -0.05) is 43.3 Å². The van der Waals surface area contributed by atoms with E-state index >= 15 is 0 Å². The predicted octanol–water partition coefficient (Wildman–Crippen LogP) is 5.95. The molecule has 1 aliphatic rings. The average molecular weight is 529 g/mol. The van der Waals surface area contributed by atoms with E-state index in [0.29, 0.717) is 41.2 Å². The van der Waals surface area contributed by atoms with E-state index in [-0.39, 0.29) is 5.91 Å². The number of esters is 1. The predicted molar refractivity (Wildman–Crippen MR) is 153 cm³/mol. The van der Waals surface area contributed by atoms with Gasteiger partial charge in [0, 0.05) is 24.3 Å². The molecular formula is C32H36N2O5. The fourth-order valence-corrected chi connectivity index (χ4v) is 4.79. The van der Waals surface area contributed by atoms with Crippen LogP contribution in [0.1, 0.15) is 49.3 Å². The van der Waals surface area contributed by atoms with Crippen LogP contribution in [0, 0.1) is 5.92 Å². The van der Waals surface area contributed by atoms with E-state index in [4.69, 9.17) is 14.2 Å². The molecule has 204 valence electrons. The van der Waals surface area contributed by atoms with E-state index < -0.39 is 5.97 Å². The molecule has 0 aliphatic carbocycles. The molecule has 0 radical (unpaired) electrons. The van der Waals surface area contributed by atoms with Gasteiger partial charge in [-0.2, -0.15) is 0 Å². The molecule has 0 bridgehead atoms. The third kappa shape index (κ3) is 7.94. The Labute approximate surface area is 230 Å². The molecule has 39 heavy (non-hydrogen) atoms. The number of carbonyl (C=O) groups is 2. The van der Waals surface area contributed by atoms with E-state index in [0.717, 1.165) is 24.4 Å². The maximum absolute atomic E-state index is 12.7. The second kappa shape index (κ2) is 13.6. The summed E-state index contributed by atoms with van der Waals surface area (Å²) in [6.45, 7) is 6.16. The van der Waals surface area contributed by atoms with Crippen molar-refractivity contribution < 1.29 is 23.8 Å². The number of piperidine rings is 1. The van der Waals surface area contributed by atoms with Crippen molar-refractivity contribution in [2.24, 2.45) is 5.92 Å². The number of para-hydroxylation sites is 1. The Balaban J connectivity index is 1.35. The minimum Gasteiger partial charge on any atom is -0.493 e. The Bertz CT molecular complexity index is 1300. The number of methoxy groups -OCH3 is 1. The Morgan fingerprint density at radius 2 is 1.77 bits per heavy atom. The Morgan fingerprint density at radius 3 is 2.49 bits per heavy atom. The van der Waals surface area contributed by atoms with Crippen LogP contribution in [0.4, 0.5) is 5.69 Å². The SMILES string of the molecule is COc1ccc(/C=C/C(=O)Nc2ccccc2COc2ccc(C(C)C3CCNCC3)cc2)cc1OC(C)=O. The normalized spacial score (nSPS) is 14.5. The quantitative estimate of drug-likeness (QED) is 0.192. The zero-order chi connectivity index (χ0) is 27.6. The standard InChI is InChI=1S/C32H36N2O5/c1-22(26-16-18-33-19-17-26)25-10-12-28(13-11-25)38-21-27-6-4-5-7-29(27)34-32(36)15-9-24-8-14-30(37-3)31(20-24)39-23(2)35/h4-15,20,22,26,33H,16-19,21H2,1-3H3,(H,34,36)/b15-9+. The first kappa shape index (κ1) is 27.9.